The molecule has 1 spiro atoms. The van der Waals surface area contributed by atoms with E-state index < -0.39 is 17.0 Å². The number of nitrogens with one attached hydrogen (secondary N) is 2. The number of amides is 3. The van der Waals surface area contributed by atoms with E-state index in [-0.39, 0.29) is 27.5 Å². The van der Waals surface area contributed by atoms with E-state index in [2.05, 4.69) is 83.4 Å². The third-order valence-corrected chi connectivity index (χ3v) is 10.7. The molecule has 1 saturated heterocycles. The van der Waals surface area contributed by atoms with Crippen LogP contribution in [0.4, 0.5) is 18.6 Å². The minimum absolute atomic E-state index is 0. The van der Waals surface area contributed by atoms with E-state index in [4.69, 9.17) is 14.9 Å². The van der Waals surface area contributed by atoms with Gasteiger partial charge in [0, 0.05) is 20.0 Å². The standard InChI is InChI=1S/C20H20N2O2.C19H21NO2.F2.FH/c23-17-20(22-18(24)21-17)13-11-19(12-14-20,15-7-3-1-4-8-15)16-9-5-2-6-10-16;20-19(17(21)22)13-11-18(12-14-19,15-7-3-1-4-8-15)16-9-5-2-6-10-16;1-2;/h1-10H,11-14H2,(H2,21,22,23,24);1-10H,11-14,20H2,(H,21,22);;1H. The number of carbonyl (C=O) groups is 3. The summed E-state index contributed by atoms with van der Waals surface area (Å²) in [6, 6.07) is 41.3. The van der Waals surface area contributed by atoms with Crippen molar-refractivity contribution in [2.24, 2.45) is 5.73 Å². The molecule has 3 aliphatic rings. The van der Waals surface area contributed by atoms with Gasteiger partial charge in [0.2, 0.25) is 0 Å². The third-order valence-electron chi connectivity index (χ3n) is 10.7. The zero-order chi connectivity index (χ0) is 34.3. The van der Waals surface area contributed by atoms with Gasteiger partial charge in [0.15, 0.2) is 0 Å². The van der Waals surface area contributed by atoms with Gasteiger partial charge in [0.25, 0.3) is 5.91 Å². The molecule has 5 N–H and O–H groups in total. The van der Waals surface area contributed by atoms with E-state index in [9.17, 15) is 19.5 Å². The van der Waals surface area contributed by atoms with Crippen LogP contribution in [0.1, 0.15) is 73.6 Å². The Morgan fingerprint density at radius 2 is 0.878 bits per heavy atom. The molecule has 0 radical (unpaired) electrons. The number of benzene rings is 4. The minimum atomic E-state index is -1.09. The number of urea groups is 1. The van der Waals surface area contributed by atoms with E-state index in [1.165, 1.54) is 22.3 Å². The lowest BCUT2D eigenvalue weighted by molar-refractivity contribution is -0.145. The van der Waals surface area contributed by atoms with Crippen LogP contribution < -0.4 is 16.4 Å². The fourth-order valence-electron chi connectivity index (χ4n) is 7.84. The number of hydrogen-bond donors (Lipinski definition) is 4. The van der Waals surface area contributed by atoms with Crippen LogP contribution in [0.15, 0.2) is 121 Å². The van der Waals surface area contributed by atoms with Gasteiger partial charge in [0.1, 0.15) is 11.1 Å². The number of nitrogens with two attached hydrogens (primary N) is 1. The molecule has 7 nitrogen and oxygen atoms in total. The molecule has 0 atom stereocenters. The largest absolute Gasteiger partial charge is 0.480 e. The molecule has 0 aromatic heterocycles. The molecule has 0 unspecified atom stereocenters. The van der Waals surface area contributed by atoms with Crippen molar-refractivity contribution in [1.29, 1.82) is 0 Å². The van der Waals surface area contributed by atoms with Gasteiger partial charge in [-0.3, -0.25) is 19.6 Å². The van der Waals surface area contributed by atoms with Gasteiger partial charge in [-0.2, -0.15) is 0 Å². The van der Waals surface area contributed by atoms with Gasteiger partial charge in [-0.15, -0.1) is 0 Å². The highest BCUT2D eigenvalue weighted by atomic mass is 20.0. The van der Waals surface area contributed by atoms with Crippen molar-refractivity contribution in [1.82, 2.24) is 10.6 Å². The predicted octanol–water partition coefficient (Wildman–Crippen LogP) is 7.45. The van der Waals surface area contributed by atoms with Gasteiger partial charge < -0.3 is 16.2 Å². The number of rotatable bonds is 5. The number of imide groups is 1. The number of aliphatic carboxylic acids is 1. The summed E-state index contributed by atoms with van der Waals surface area (Å²) < 4.78 is 16.0. The smallest absolute Gasteiger partial charge is 0.323 e. The Kier molecular flexibility index (Phi) is 11.7. The van der Waals surface area contributed by atoms with Crippen LogP contribution in [0.5, 0.6) is 0 Å². The summed E-state index contributed by atoms with van der Waals surface area (Å²) in [4.78, 5) is 35.3. The zero-order valence-corrected chi connectivity index (χ0v) is 27.1. The second kappa shape index (κ2) is 15.5. The van der Waals surface area contributed by atoms with E-state index >= 15 is 0 Å². The average Bonchev–Trinajstić information content (AvgIpc) is 3.43. The third kappa shape index (κ3) is 7.24. The van der Waals surface area contributed by atoms with Crippen molar-refractivity contribution in [2.45, 2.75) is 73.3 Å². The van der Waals surface area contributed by atoms with Gasteiger partial charge in [-0.1, -0.05) is 121 Å². The molecule has 10 heteroatoms. The first kappa shape index (κ1) is 36.9. The molecule has 2 saturated carbocycles. The van der Waals surface area contributed by atoms with Crippen molar-refractivity contribution < 1.29 is 33.3 Å². The molecule has 49 heavy (non-hydrogen) atoms. The highest BCUT2D eigenvalue weighted by molar-refractivity contribution is 6.07. The number of carboxylic acid groups (broad SMARTS) is 1. The maximum Gasteiger partial charge on any atom is 0.323 e. The molecule has 4 aromatic rings. The predicted molar refractivity (Wildman–Crippen MR) is 183 cm³/mol. The van der Waals surface area contributed by atoms with E-state index in [1.807, 2.05) is 48.5 Å². The first-order valence-electron chi connectivity index (χ1n) is 16.2. The Bertz CT molecular complexity index is 1590. The molecular weight excluding hydrogens is 631 g/mol. The second-order valence-corrected chi connectivity index (χ2v) is 13.1. The molecule has 7 rings (SSSR count). The van der Waals surface area contributed by atoms with Crippen molar-refractivity contribution in [3.63, 3.8) is 0 Å². The molecule has 258 valence electrons. The van der Waals surface area contributed by atoms with Crippen LogP contribution in [-0.4, -0.2) is 34.1 Å². The summed E-state index contributed by atoms with van der Waals surface area (Å²) in [5, 5.41) is 14.6. The van der Waals surface area contributed by atoms with Crippen LogP contribution >= 0.6 is 0 Å². The summed E-state index contributed by atoms with van der Waals surface area (Å²) >= 11 is 0. The first-order chi connectivity index (χ1) is 23.2. The zero-order valence-electron chi connectivity index (χ0n) is 27.1. The first-order valence-corrected chi connectivity index (χ1v) is 16.2. The summed E-state index contributed by atoms with van der Waals surface area (Å²) in [6.07, 6.45) is 5.44. The number of halogens is 3. The van der Waals surface area contributed by atoms with Crippen molar-refractivity contribution >= 4 is 17.9 Å². The van der Waals surface area contributed by atoms with Crippen LogP contribution in [0.3, 0.4) is 0 Å². The van der Waals surface area contributed by atoms with Crippen molar-refractivity contribution in [3.05, 3.63) is 144 Å². The maximum absolute atomic E-state index is 12.3. The van der Waals surface area contributed by atoms with Gasteiger partial charge in [-0.25, -0.2) is 4.79 Å². The number of carboxylic acids is 1. The quantitative estimate of drug-likeness (QED) is 0.164. The highest BCUT2D eigenvalue weighted by Gasteiger charge is 2.52. The van der Waals surface area contributed by atoms with Crippen LogP contribution in [-0.2, 0) is 20.4 Å². The average molecular weight is 674 g/mol. The van der Waals surface area contributed by atoms with Crippen LogP contribution in [0.2, 0.25) is 0 Å². The summed E-state index contributed by atoms with van der Waals surface area (Å²) in [7, 11) is 0. The Morgan fingerprint density at radius 3 is 1.14 bits per heavy atom. The summed E-state index contributed by atoms with van der Waals surface area (Å²) in [6.45, 7) is 0. The second-order valence-electron chi connectivity index (χ2n) is 13.1. The lowest BCUT2D eigenvalue weighted by atomic mass is 9.61. The van der Waals surface area contributed by atoms with Crippen molar-refractivity contribution in [3.8, 4) is 0 Å². The molecule has 2 aliphatic carbocycles. The van der Waals surface area contributed by atoms with Crippen LogP contribution in [0.25, 0.3) is 0 Å². The van der Waals surface area contributed by atoms with Crippen molar-refractivity contribution in [2.75, 3.05) is 0 Å². The molecule has 1 aliphatic heterocycles. The van der Waals surface area contributed by atoms with Gasteiger partial charge in [-0.05, 0) is 73.6 Å². The highest BCUT2D eigenvalue weighted by Crippen LogP contribution is 2.49. The molecular formula is C39H42F3N3O4. The fraction of sp³-hybridized carbons (Fsp3) is 0.308. The molecule has 0 bridgehead atoms. The Balaban J connectivity index is 0.000000207. The number of hydrogen-bond acceptors (Lipinski definition) is 4. The molecule has 3 fully saturated rings. The number of carbonyl (C=O) groups excluding carboxylic acids is 2. The van der Waals surface area contributed by atoms with Gasteiger partial charge >= 0.3 is 12.0 Å². The molecule has 3 amide bonds. The van der Waals surface area contributed by atoms with Crippen LogP contribution in [0, 0.1) is 0 Å². The minimum Gasteiger partial charge on any atom is -0.480 e. The lowest BCUT2D eigenvalue weighted by Gasteiger charge is -2.44. The monoisotopic (exact) mass is 673 g/mol. The normalized spacial score (nSPS) is 19.3. The topological polar surface area (TPSA) is 122 Å². The van der Waals surface area contributed by atoms with Gasteiger partial charge in [0.05, 0.1) is 0 Å². The summed E-state index contributed by atoms with van der Waals surface area (Å²) in [5.41, 5.74) is 9.05. The fourth-order valence-corrected chi connectivity index (χ4v) is 7.84. The summed E-state index contributed by atoms with van der Waals surface area (Å²) in [5.74, 6) is -1.07. The van der Waals surface area contributed by atoms with E-state index in [0.29, 0.717) is 25.7 Å². The molecule has 1 heterocycles. The molecule has 4 aromatic carbocycles. The van der Waals surface area contributed by atoms with E-state index in [1.54, 1.807) is 0 Å². The Labute approximate surface area is 284 Å². The Morgan fingerprint density at radius 1 is 0.571 bits per heavy atom. The SMILES string of the molecule is F.FF.NC1(C(=O)O)CCC(c2ccccc2)(c2ccccc2)CC1.O=C1NC(=O)C2(CCC(c3ccccc3)(c3ccccc3)CC2)N1. The Hall–Kier alpha value is -4.96. The lowest BCUT2D eigenvalue weighted by Crippen LogP contribution is -2.53. The maximum atomic E-state index is 12.3. The van der Waals surface area contributed by atoms with E-state index in [0.717, 1.165) is 25.7 Å².